The molecule has 0 unspecified atom stereocenters. The summed E-state index contributed by atoms with van der Waals surface area (Å²) in [5, 5.41) is 20.8. The lowest BCUT2D eigenvalue weighted by molar-refractivity contribution is -0.127. The van der Waals surface area contributed by atoms with Crippen molar-refractivity contribution in [3.8, 4) is 0 Å². The minimum atomic E-state index is -3.79. The van der Waals surface area contributed by atoms with Crippen LogP contribution in [0.15, 0.2) is 24.3 Å². The van der Waals surface area contributed by atoms with Crippen molar-refractivity contribution >= 4 is 10.3 Å². The molecule has 1 rings (SSSR count). The summed E-state index contributed by atoms with van der Waals surface area (Å²) in [6.07, 6.45) is 1.43. The van der Waals surface area contributed by atoms with Gasteiger partial charge in [0.25, 0.3) is 0 Å². The molecule has 0 saturated carbocycles. The Morgan fingerprint density at radius 2 is 1.64 bits per heavy atom. The molecule has 0 fully saturated rings. The summed E-state index contributed by atoms with van der Waals surface area (Å²) >= 11 is 0. The Kier molecular flexibility index (Phi) is 12.2. The summed E-state index contributed by atoms with van der Waals surface area (Å²) in [6, 6.07) is 7.98. The molecule has 0 saturated heterocycles. The zero-order valence-corrected chi connectivity index (χ0v) is 14.9. The van der Waals surface area contributed by atoms with E-state index >= 15 is 0 Å². The fraction of sp³-hybridized carbons (Fsp3) is 0.600. The molecular weight excluding hydrogens is 306 g/mol. The van der Waals surface area contributed by atoms with Gasteiger partial charge in [0.2, 0.25) is 0 Å². The summed E-state index contributed by atoms with van der Waals surface area (Å²) in [4.78, 5) is 0. The van der Waals surface area contributed by atoms with Crippen molar-refractivity contribution < 1.29 is 22.8 Å². The van der Waals surface area contributed by atoms with E-state index in [1.807, 2.05) is 45.0 Å². The van der Waals surface area contributed by atoms with Gasteiger partial charge in [-0.05, 0) is 44.7 Å². The third-order valence-corrected chi connectivity index (χ3v) is 2.59. The maximum Gasteiger partial charge on any atom is 0.333 e. The molecule has 0 aromatic heterocycles. The summed E-state index contributed by atoms with van der Waals surface area (Å²) in [6.45, 7) is 8.75. The van der Waals surface area contributed by atoms with Crippen molar-refractivity contribution in [1.29, 1.82) is 0 Å². The van der Waals surface area contributed by atoms with Crippen LogP contribution in [0, 0.1) is 6.92 Å². The molecule has 0 aliphatic heterocycles. The van der Waals surface area contributed by atoms with Crippen LogP contribution in [0.3, 0.4) is 0 Å². The summed E-state index contributed by atoms with van der Waals surface area (Å²) < 4.78 is 25.4. The van der Waals surface area contributed by atoms with Crippen molar-refractivity contribution in [3.05, 3.63) is 35.4 Å². The molecule has 0 bridgehead atoms. The number of aliphatic hydroxyl groups is 2. The summed E-state index contributed by atoms with van der Waals surface area (Å²) in [5.74, 6) is -1.50. The molecule has 0 atom stereocenters. The fourth-order valence-corrected chi connectivity index (χ4v) is 1.68. The first-order valence-corrected chi connectivity index (χ1v) is 8.62. The number of nitrogens with two attached hydrogens (primary N) is 1. The van der Waals surface area contributed by atoms with Crippen molar-refractivity contribution in [3.63, 3.8) is 0 Å². The van der Waals surface area contributed by atoms with E-state index in [9.17, 15) is 8.42 Å². The van der Waals surface area contributed by atoms with E-state index in [2.05, 4.69) is 4.18 Å². The highest BCUT2D eigenvalue weighted by Crippen LogP contribution is 2.09. The molecule has 0 spiro atoms. The second-order valence-electron chi connectivity index (χ2n) is 4.84. The first kappa shape index (κ1) is 23.3. The standard InChI is InChI=1S/C10H15NO3S.C3H8O2.C2H6/c1-9-5-2-3-6-10(9)7-4-8-14-15(11,12)13;1-3(2,4)5;1-2/h2-3,5-6H,4,7-8H2,1H3,(H2,11,12,13);4-5H,1-2H3;1-2H3. The lowest BCUT2D eigenvalue weighted by Gasteiger charge is -2.04. The van der Waals surface area contributed by atoms with Gasteiger partial charge >= 0.3 is 10.3 Å². The highest BCUT2D eigenvalue weighted by molar-refractivity contribution is 7.84. The van der Waals surface area contributed by atoms with Crippen molar-refractivity contribution in [2.24, 2.45) is 5.14 Å². The molecule has 4 N–H and O–H groups in total. The van der Waals surface area contributed by atoms with Gasteiger partial charge in [0.05, 0.1) is 6.61 Å². The SMILES string of the molecule is CC.CC(C)(O)O.Cc1ccccc1CCCOS(N)(=O)=O. The van der Waals surface area contributed by atoms with Gasteiger partial charge < -0.3 is 10.2 Å². The van der Waals surface area contributed by atoms with Gasteiger partial charge in [-0.1, -0.05) is 38.1 Å². The molecule has 6 nitrogen and oxygen atoms in total. The molecule has 1 aromatic carbocycles. The minimum absolute atomic E-state index is 0.132. The van der Waals surface area contributed by atoms with Gasteiger partial charge in [-0.2, -0.15) is 8.42 Å². The Balaban J connectivity index is 0. The number of rotatable bonds is 5. The second-order valence-corrected chi connectivity index (χ2v) is 6.06. The van der Waals surface area contributed by atoms with E-state index in [1.54, 1.807) is 0 Å². The van der Waals surface area contributed by atoms with Crippen molar-refractivity contribution in [1.82, 2.24) is 0 Å². The molecule has 0 heterocycles. The number of benzene rings is 1. The Bertz CT molecular complexity index is 489. The monoisotopic (exact) mass is 335 g/mol. The maximum absolute atomic E-state index is 10.5. The molecule has 0 amide bonds. The van der Waals surface area contributed by atoms with Crippen LogP contribution in [-0.2, 0) is 20.9 Å². The van der Waals surface area contributed by atoms with E-state index in [0.717, 1.165) is 6.42 Å². The largest absolute Gasteiger partial charge is 0.366 e. The summed E-state index contributed by atoms with van der Waals surface area (Å²) in [7, 11) is -3.79. The smallest absolute Gasteiger partial charge is 0.333 e. The average Bonchev–Trinajstić information content (AvgIpc) is 2.36. The van der Waals surface area contributed by atoms with Crippen LogP contribution in [0.5, 0.6) is 0 Å². The molecule has 1 aromatic rings. The lowest BCUT2D eigenvalue weighted by Crippen LogP contribution is -2.16. The predicted molar refractivity (Wildman–Crippen MR) is 88.4 cm³/mol. The highest BCUT2D eigenvalue weighted by atomic mass is 32.2. The molecular formula is C15H29NO5S. The van der Waals surface area contributed by atoms with Crippen LogP contribution in [0.2, 0.25) is 0 Å². The van der Waals surface area contributed by atoms with E-state index in [0.29, 0.717) is 6.42 Å². The van der Waals surface area contributed by atoms with Crippen LogP contribution >= 0.6 is 0 Å². The Labute approximate surface area is 134 Å². The van der Waals surface area contributed by atoms with Crippen LogP contribution in [0.4, 0.5) is 0 Å². The van der Waals surface area contributed by atoms with Crippen LogP contribution < -0.4 is 5.14 Å². The average molecular weight is 335 g/mol. The lowest BCUT2D eigenvalue weighted by atomic mass is 10.0. The van der Waals surface area contributed by atoms with Gasteiger partial charge in [-0.25, -0.2) is 5.14 Å². The topological polar surface area (TPSA) is 110 Å². The highest BCUT2D eigenvalue weighted by Gasteiger charge is 2.02. The minimum Gasteiger partial charge on any atom is -0.366 e. The van der Waals surface area contributed by atoms with Crippen LogP contribution in [-0.4, -0.2) is 31.0 Å². The summed E-state index contributed by atoms with van der Waals surface area (Å²) in [5.41, 5.74) is 2.41. The zero-order valence-electron chi connectivity index (χ0n) is 14.0. The van der Waals surface area contributed by atoms with E-state index in [1.165, 1.54) is 25.0 Å². The van der Waals surface area contributed by atoms with Crippen molar-refractivity contribution in [2.45, 2.75) is 53.2 Å². The number of hydrogen-bond acceptors (Lipinski definition) is 5. The van der Waals surface area contributed by atoms with E-state index < -0.39 is 16.1 Å². The van der Waals surface area contributed by atoms with Crippen LogP contribution in [0.25, 0.3) is 0 Å². The van der Waals surface area contributed by atoms with Crippen LogP contribution in [0.1, 0.15) is 45.2 Å². The third-order valence-electron chi connectivity index (χ3n) is 2.10. The molecule has 22 heavy (non-hydrogen) atoms. The first-order valence-electron chi connectivity index (χ1n) is 7.15. The molecule has 0 aliphatic rings. The maximum atomic E-state index is 10.5. The normalized spacial score (nSPS) is 10.9. The Morgan fingerprint density at radius 1 is 1.18 bits per heavy atom. The molecule has 0 radical (unpaired) electrons. The van der Waals surface area contributed by atoms with Gasteiger partial charge in [0, 0.05) is 0 Å². The molecule has 130 valence electrons. The number of aryl methyl sites for hydroxylation is 2. The molecule has 0 aliphatic carbocycles. The van der Waals surface area contributed by atoms with Gasteiger partial charge in [-0.3, -0.25) is 4.18 Å². The predicted octanol–water partition coefficient (Wildman–Crippen LogP) is 1.88. The molecule has 7 heteroatoms. The second kappa shape index (κ2) is 11.6. The quantitative estimate of drug-likeness (QED) is 0.562. The Hall–Kier alpha value is -0.990. The van der Waals surface area contributed by atoms with Gasteiger partial charge in [0.1, 0.15) is 0 Å². The first-order chi connectivity index (χ1) is 9.99. The Morgan fingerprint density at radius 3 is 2.05 bits per heavy atom. The van der Waals surface area contributed by atoms with E-state index in [-0.39, 0.29) is 6.61 Å². The van der Waals surface area contributed by atoms with Gasteiger partial charge in [-0.15, -0.1) is 0 Å². The number of hydrogen-bond donors (Lipinski definition) is 3. The third kappa shape index (κ3) is 19.0. The fourth-order valence-electron chi connectivity index (χ4n) is 1.33. The van der Waals surface area contributed by atoms with Crippen molar-refractivity contribution in [2.75, 3.05) is 6.61 Å². The zero-order chi connectivity index (χ0) is 17.8. The van der Waals surface area contributed by atoms with Gasteiger partial charge in [0.15, 0.2) is 5.79 Å². The van der Waals surface area contributed by atoms with E-state index in [4.69, 9.17) is 15.4 Å².